The van der Waals surface area contributed by atoms with Crippen LogP contribution in [0.5, 0.6) is 0 Å². The molecule has 16 heavy (non-hydrogen) atoms. The molecular weight excluding hydrogens is 202 g/mol. The summed E-state index contributed by atoms with van der Waals surface area (Å²) in [4.78, 5) is 10.9. The molecule has 0 amide bonds. The van der Waals surface area contributed by atoms with Gasteiger partial charge in [0, 0.05) is 25.2 Å². The van der Waals surface area contributed by atoms with Gasteiger partial charge in [0.1, 0.15) is 5.82 Å². The first-order valence-electron chi connectivity index (χ1n) is 5.87. The first-order chi connectivity index (χ1) is 7.76. The van der Waals surface area contributed by atoms with Crippen molar-refractivity contribution in [3.8, 4) is 0 Å². The number of nitrogens with one attached hydrogen (secondary N) is 1. The van der Waals surface area contributed by atoms with Gasteiger partial charge in [-0.15, -0.1) is 0 Å². The minimum Gasteiger partial charge on any atom is -0.368 e. The summed E-state index contributed by atoms with van der Waals surface area (Å²) in [6.07, 6.45) is 0.988. The fourth-order valence-electron chi connectivity index (χ4n) is 2.14. The number of anilines is 2. The van der Waals surface area contributed by atoms with Gasteiger partial charge in [-0.05, 0) is 26.8 Å². The number of hydrogen-bond acceptors (Lipinski definition) is 5. The molecule has 1 aliphatic heterocycles. The predicted octanol–water partition coefficient (Wildman–Crippen LogP) is 0.551. The number of nitrogens with zero attached hydrogens (tertiary/aromatic N) is 3. The van der Waals surface area contributed by atoms with Crippen LogP contribution in [0, 0.1) is 0 Å². The molecule has 5 heteroatoms. The molecule has 0 unspecified atom stereocenters. The highest BCUT2D eigenvalue weighted by Crippen LogP contribution is 2.24. The van der Waals surface area contributed by atoms with Gasteiger partial charge in [-0.2, -0.15) is 4.98 Å². The fraction of sp³-hybridized carbons (Fsp3) is 0.636. The second kappa shape index (κ2) is 4.65. The van der Waals surface area contributed by atoms with Gasteiger partial charge in [-0.1, -0.05) is 0 Å². The Hall–Kier alpha value is -1.36. The van der Waals surface area contributed by atoms with E-state index in [9.17, 15) is 0 Å². The van der Waals surface area contributed by atoms with E-state index in [0.29, 0.717) is 5.95 Å². The molecule has 0 bridgehead atoms. The van der Waals surface area contributed by atoms with E-state index in [1.165, 1.54) is 5.56 Å². The summed E-state index contributed by atoms with van der Waals surface area (Å²) < 4.78 is 0. The Kier molecular flexibility index (Phi) is 3.24. The van der Waals surface area contributed by atoms with Gasteiger partial charge in [0.25, 0.3) is 0 Å². The number of fused-ring (bicyclic) bond motifs is 1. The maximum absolute atomic E-state index is 5.75. The third kappa shape index (κ3) is 1.95. The molecule has 1 aliphatic rings. The maximum atomic E-state index is 5.75. The first kappa shape index (κ1) is 11.1. The third-order valence-corrected chi connectivity index (χ3v) is 3.00. The second-order valence-electron chi connectivity index (χ2n) is 3.93. The van der Waals surface area contributed by atoms with Crippen molar-refractivity contribution in [2.24, 2.45) is 0 Å². The molecule has 1 aromatic heterocycles. The van der Waals surface area contributed by atoms with E-state index in [4.69, 9.17) is 5.73 Å². The van der Waals surface area contributed by atoms with Gasteiger partial charge in [-0.25, -0.2) is 4.98 Å². The van der Waals surface area contributed by atoms with Gasteiger partial charge in [0.15, 0.2) is 0 Å². The van der Waals surface area contributed by atoms with Crippen LogP contribution in [0.3, 0.4) is 0 Å². The summed E-state index contributed by atoms with van der Waals surface area (Å²) in [6, 6.07) is 0. The van der Waals surface area contributed by atoms with Crippen molar-refractivity contribution in [3.63, 3.8) is 0 Å². The van der Waals surface area contributed by atoms with E-state index in [1.54, 1.807) is 0 Å². The molecule has 0 saturated carbocycles. The van der Waals surface area contributed by atoms with Crippen LogP contribution in [0.1, 0.15) is 25.1 Å². The van der Waals surface area contributed by atoms with Gasteiger partial charge in [0.2, 0.25) is 5.95 Å². The summed E-state index contributed by atoms with van der Waals surface area (Å²) in [5.74, 6) is 1.40. The van der Waals surface area contributed by atoms with Crippen molar-refractivity contribution in [1.29, 1.82) is 0 Å². The van der Waals surface area contributed by atoms with E-state index < -0.39 is 0 Å². The molecule has 0 aromatic carbocycles. The lowest BCUT2D eigenvalue weighted by atomic mass is 10.1. The fourth-order valence-corrected chi connectivity index (χ4v) is 2.14. The largest absolute Gasteiger partial charge is 0.368 e. The minimum atomic E-state index is 0.379. The van der Waals surface area contributed by atoms with Crippen LogP contribution < -0.4 is 16.0 Å². The maximum Gasteiger partial charge on any atom is 0.222 e. The van der Waals surface area contributed by atoms with Crippen LogP contribution >= 0.6 is 0 Å². The van der Waals surface area contributed by atoms with Crippen LogP contribution in [-0.4, -0.2) is 29.6 Å². The average Bonchev–Trinajstić information content (AvgIpc) is 2.30. The number of rotatable bonds is 3. The van der Waals surface area contributed by atoms with Crippen molar-refractivity contribution in [2.45, 2.75) is 26.8 Å². The highest BCUT2D eigenvalue weighted by molar-refractivity contribution is 5.52. The van der Waals surface area contributed by atoms with Gasteiger partial charge >= 0.3 is 0 Å². The number of nitrogens with two attached hydrogens (primary N) is 1. The van der Waals surface area contributed by atoms with Crippen LogP contribution in [0.25, 0.3) is 0 Å². The van der Waals surface area contributed by atoms with Crippen LogP contribution in [0.4, 0.5) is 11.8 Å². The number of nitrogen functional groups attached to an aromatic ring is 1. The highest BCUT2D eigenvalue weighted by atomic mass is 15.2. The lowest BCUT2D eigenvalue weighted by Gasteiger charge is -2.26. The summed E-state index contributed by atoms with van der Waals surface area (Å²) in [6.45, 7) is 7.97. The SMILES string of the molecule is CCN(CC)c1nc(N)nc2c1CCNC2. The van der Waals surface area contributed by atoms with Crippen LogP contribution in [-0.2, 0) is 13.0 Å². The Bertz CT molecular complexity index is 373. The van der Waals surface area contributed by atoms with Gasteiger partial charge < -0.3 is 16.0 Å². The molecule has 3 N–H and O–H groups in total. The Labute approximate surface area is 96.1 Å². The van der Waals surface area contributed by atoms with E-state index in [-0.39, 0.29) is 0 Å². The lowest BCUT2D eigenvalue weighted by Crippen LogP contribution is -2.31. The Morgan fingerprint density at radius 2 is 2.06 bits per heavy atom. The monoisotopic (exact) mass is 221 g/mol. The molecule has 88 valence electrons. The van der Waals surface area contributed by atoms with E-state index >= 15 is 0 Å². The molecule has 0 spiro atoms. The van der Waals surface area contributed by atoms with E-state index in [1.807, 2.05) is 0 Å². The van der Waals surface area contributed by atoms with Crippen molar-refractivity contribution in [2.75, 3.05) is 30.3 Å². The van der Waals surface area contributed by atoms with E-state index in [0.717, 1.165) is 44.1 Å². The molecule has 0 aliphatic carbocycles. The topological polar surface area (TPSA) is 67.1 Å². The molecule has 0 radical (unpaired) electrons. The molecular formula is C11H19N5. The smallest absolute Gasteiger partial charge is 0.222 e. The molecule has 2 rings (SSSR count). The molecule has 2 heterocycles. The normalized spacial score (nSPS) is 14.6. The predicted molar refractivity (Wildman–Crippen MR) is 65.4 cm³/mol. The summed E-state index contributed by atoms with van der Waals surface area (Å²) in [5, 5.41) is 3.31. The molecule has 0 saturated heterocycles. The molecule has 0 atom stereocenters. The standard InChI is InChI=1S/C11H19N5/c1-3-16(4-2)10-8-5-6-13-7-9(8)14-11(12)15-10/h13H,3-7H2,1-2H3,(H2,12,14,15). The first-order valence-corrected chi connectivity index (χ1v) is 5.87. The Balaban J connectivity index is 2.46. The van der Waals surface area contributed by atoms with Gasteiger partial charge in [-0.3, -0.25) is 0 Å². The number of hydrogen-bond donors (Lipinski definition) is 2. The Morgan fingerprint density at radius 3 is 2.75 bits per heavy atom. The zero-order valence-corrected chi connectivity index (χ0v) is 9.95. The third-order valence-electron chi connectivity index (χ3n) is 3.00. The highest BCUT2D eigenvalue weighted by Gasteiger charge is 2.19. The van der Waals surface area contributed by atoms with Crippen molar-refractivity contribution in [1.82, 2.24) is 15.3 Å². The van der Waals surface area contributed by atoms with Crippen molar-refractivity contribution in [3.05, 3.63) is 11.3 Å². The summed E-state index contributed by atoms with van der Waals surface area (Å²) >= 11 is 0. The zero-order valence-electron chi connectivity index (χ0n) is 9.95. The quantitative estimate of drug-likeness (QED) is 0.780. The minimum absolute atomic E-state index is 0.379. The number of aromatic nitrogens is 2. The van der Waals surface area contributed by atoms with Gasteiger partial charge in [0.05, 0.1) is 5.69 Å². The Morgan fingerprint density at radius 1 is 1.31 bits per heavy atom. The van der Waals surface area contributed by atoms with Crippen LogP contribution in [0.2, 0.25) is 0 Å². The molecule has 0 fully saturated rings. The van der Waals surface area contributed by atoms with E-state index in [2.05, 4.69) is 34.0 Å². The lowest BCUT2D eigenvalue weighted by molar-refractivity contribution is 0.621. The van der Waals surface area contributed by atoms with Crippen molar-refractivity contribution < 1.29 is 0 Å². The molecule has 5 nitrogen and oxygen atoms in total. The molecule has 1 aromatic rings. The average molecular weight is 221 g/mol. The van der Waals surface area contributed by atoms with Crippen LogP contribution in [0.15, 0.2) is 0 Å². The van der Waals surface area contributed by atoms with Crippen molar-refractivity contribution >= 4 is 11.8 Å². The summed E-state index contributed by atoms with van der Waals surface area (Å²) in [5.41, 5.74) is 8.07. The zero-order chi connectivity index (χ0) is 11.5. The summed E-state index contributed by atoms with van der Waals surface area (Å²) in [7, 11) is 0. The second-order valence-corrected chi connectivity index (χ2v) is 3.93.